The first-order chi connectivity index (χ1) is 12.9. The second-order valence-electron chi connectivity index (χ2n) is 7.04. The number of anilines is 2. The molecule has 1 unspecified atom stereocenters. The van der Waals surface area contributed by atoms with E-state index in [-0.39, 0.29) is 6.04 Å². The first-order valence-electron chi connectivity index (χ1n) is 9.33. The number of nitrogens with one attached hydrogen (secondary N) is 1. The molecule has 8 nitrogen and oxygen atoms in total. The van der Waals surface area contributed by atoms with Crippen LogP contribution in [0.4, 0.5) is 11.6 Å². The molecule has 0 bridgehead atoms. The molecule has 0 radical (unpaired) electrons. The van der Waals surface area contributed by atoms with Crippen LogP contribution in [0.1, 0.15) is 50.3 Å². The Morgan fingerprint density at radius 1 is 1.00 bits per heavy atom. The quantitative estimate of drug-likeness (QED) is 0.766. The van der Waals surface area contributed by atoms with Gasteiger partial charge in [0.1, 0.15) is 0 Å². The second-order valence-corrected chi connectivity index (χ2v) is 7.04. The summed E-state index contributed by atoms with van der Waals surface area (Å²) >= 11 is 0. The third-order valence-electron chi connectivity index (χ3n) is 5.35. The second kappa shape index (κ2) is 6.51. The SMILES string of the molecule is c1ccc(C2CCCN2c2nc3nonc3nc2NC2CCCC2)nc1. The normalized spacial score (nSPS) is 20.9. The van der Waals surface area contributed by atoms with Gasteiger partial charge >= 0.3 is 0 Å². The summed E-state index contributed by atoms with van der Waals surface area (Å²) < 4.78 is 4.84. The predicted molar refractivity (Wildman–Crippen MR) is 96.8 cm³/mol. The summed E-state index contributed by atoms with van der Waals surface area (Å²) in [6.07, 6.45) is 8.85. The van der Waals surface area contributed by atoms with Crippen LogP contribution in [0, 0.1) is 0 Å². The minimum absolute atomic E-state index is 0.201. The maximum Gasteiger partial charge on any atom is 0.245 e. The van der Waals surface area contributed by atoms with Crippen LogP contribution in [0.15, 0.2) is 29.0 Å². The van der Waals surface area contributed by atoms with Crippen LogP contribution >= 0.6 is 0 Å². The van der Waals surface area contributed by atoms with Gasteiger partial charge in [-0.3, -0.25) is 4.98 Å². The Kier molecular flexibility index (Phi) is 3.88. The smallest absolute Gasteiger partial charge is 0.245 e. The van der Waals surface area contributed by atoms with Gasteiger partial charge in [0, 0.05) is 18.8 Å². The number of fused-ring (bicyclic) bond motifs is 1. The van der Waals surface area contributed by atoms with Crippen molar-refractivity contribution in [1.82, 2.24) is 25.3 Å². The molecule has 5 rings (SSSR count). The van der Waals surface area contributed by atoms with E-state index in [1.165, 1.54) is 25.7 Å². The van der Waals surface area contributed by atoms with Gasteiger partial charge in [0.15, 0.2) is 11.6 Å². The van der Waals surface area contributed by atoms with E-state index in [9.17, 15) is 0 Å². The molecule has 2 aliphatic rings. The van der Waals surface area contributed by atoms with E-state index in [1.54, 1.807) is 0 Å². The van der Waals surface area contributed by atoms with Crippen molar-refractivity contribution in [3.63, 3.8) is 0 Å². The van der Waals surface area contributed by atoms with Crippen molar-refractivity contribution >= 4 is 22.9 Å². The van der Waals surface area contributed by atoms with Gasteiger partial charge in [-0.25, -0.2) is 14.6 Å². The molecule has 1 atom stereocenters. The molecule has 3 aromatic heterocycles. The fourth-order valence-corrected chi connectivity index (χ4v) is 4.09. The highest BCUT2D eigenvalue weighted by molar-refractivity contribution is 5.74. The largest absolute Gasteiger partial charge is 0.364 e. The molecule has 0 aromatic carbocycles. The summed E-state index contributed by atoms with van der Waals surface area (Å²) in [5, 5.41) is 11.4. The maximum atomic E-state index is 4.84. The molecule has 1 N–H and O–H groups in total. The van der Waals surface area contributed by atoms with Gasteiger partial charge in [0.2, 0.25) is 11.3 Å². The van der Waals surface area contributed by atoms with E-state index in [2.05, 4.69) is 36.6 Å². The van der Waals surface area contributed by atoms with Crippen molar-refractivity contribution < 1.29 is 4.63 Å². The van der Waals surface area contributed by atoms with Gasteiger partial charge in [-0.1, -0.05) is 18.9 Å². The topological polar surface area (TPSA) is 92.9 Å². The highest BCUT2D eigenvalue weighted by Crippen LogP contribution is 2.38. The molecule has 1 aliphatic heterocycles. The number of hydrogen-bond donors (Lipinski definition) is 1. The summed E-state index contributed by atoms with van der Waals surface area (Å²) in [7, 11) is 0. The Morgan fingerprint density at radius 3 is 2.65 bits per heavy atom. The van der Waals surface area contributed by atoms with Crippen molar-refractivity contribution in [2.24, 2.45) is 0 Å². The van der Waals surface area contributed by atoms with Crippen LogP contribution < -0.4 is 10.2 Å². The molecule has 0 amide bonds. The van der Waals surface area contributed by atoms with Crippen molar-refractivity contribution in [2.45, 2.75) is 50.6 Å². The van der Waals surface area contributed by atoms with Crippen molar-refractivity contribution in [3.05, 3.63) is 30.1 Å². The Morgan fingerprint density at radius 2 is 1.85 bits per heavy atom. The maximum absolute atomic E-state index is 4.84. The summed E-state index contributed by atoms with van der Waals surface area (Å²) in [5.74, 6) is 1.61. The summed E-state index contributed by atoms with van der Waals surface area (Å²) in [6.45, 7) is 0.923. The fraction of sp³-hybridized carbons (Fsp3) is 0.500. The van der Waals surface area contributed by atoms with Gasteiger partial charge < -0.3 is 10.2 Å². The summed E-state index contributed by atoms with van der Waals surface area (Å²) in [5.41, 5.74) is 1.96. The van der Waals surface area contributed by atoms with Crippen LogP contribution in [0.5, 0.6) is 0 Å². The fourth-order valence-electron chi connectivity index (χ4n) is 4.09. The Labute approximate surface area is 151 Å². The monoisotopic (exact) mass is 351 g/mol. The van der Waals surface area contributed by atoms with Crippen LogP contribution in [0.2, 0.25) is 0 Å². The first kappa shape index (κ1) is 15.5. The third kappa shape index (κ3) is 2.75. The Bertz CT molecular complexity index is 891. The van der Waals surface area contributed by atoms with E-state index in [1.807, 2.05) is 18.3 Å². The van der Waals surface area contributed by atoms with Crippen LogP contribution in [0.3, 0.4) is 0 Å². The Hall–Kier alpha value is -2.77. The molecule has 1 saturated carbocycles. The van der Waals surface area contributed by atoms with Crippen molar-refractivity contribution in [1.29, 1.82) is 0 Å². The lowest BCUT2D eigenvalue weighted by Gasteiger charge is -2.27. The molecular formula is C18H21N7O. The van der Waals surface area contributed by atoms with Gasteiger partial charge in [-0.2, -0.15) is 0 Å². The molecular weight excluding hydrogens is 330 g/mol. The average Bonchev–Trinajstić information content (AvgIpc) is 3.43. The molecule has 4 heterocycles. The van der Waals surface area contributed by atoms with Gasteiger partial charge in [-0.15, -0.1) is 0 Å². The lowest BCUT2D eigenvalue weighted by Crippen LogP contribution is -2.27. The highest BCUT2D eigenvalue weighted by Gasteiger charge is 2.32. The zero-order valence-corrected chi connectivity index (χ0v) is 14.5. The van der Waals surface area contributed by atoms with E-state index >= 15 is 0 Å². The molecule has 8 heteroatoms. The molecule has 134 valence electrons. The third-order valence-corrected chi connectivity index (χ3v) is 5.35. The predicted octanol–water partition coefficient (Wildman–Crippen LogP) is 3.10. The van der Waals surface area contributed by atoms with Gasteiger partial charge in [0.25, 0.3) is 0 Å². The first-order valence-corrected chi connectivity index (χ1v) is 9.33. The molecule has 2 fully saturated rings. The number of aromatic nitrogens is 5. The van der Waals surface area contributed by atoms with Crippen LogP contribution in [-0.2, 0) is 0 Å². The lowest BCUT2D eigenvalue weighted by molar-refractivity contribution is 0.314. The van der Waals surface area contributed by atoms with E-state index in [4.69, 9.17) is 9.61 Å². The summed E-state index contributed by atoms with van der Waals surface area (Å²) in [4.78, 5) is 16.3. The van der Waals surface area contributed by atoms with Crippen molar-refractivity contribution in [3.8, 4) is 0 Å². The Balaban J connectivity index is 1.55. The molecule has 0 spiro atoms. The lowest BCUT2D eigenvalue weighted by atomic mass is 10.1. The highest BCUT2D eigenvalue weighted by atomic mass is 16.6. The number of hydrogen-bond acceptors (Lipinski definition) is 8. The molecule has 26 heavy (non-hydrogen) atoms. The van der Waals surface area contributed by atoms with Crippen molar-refractivity contribution in [2.75, 3.05) is 16.8 Å². The van der Waals surface area contributed by atoms with Crippen LogP contribution in [0.25, 0.3) is 11.3 Å². The van der Waals surface area contributed by atoms with E-state index in [0.717, 1.165) is 36.7 Å². The number of nitrogens with zero attached hydrogens (tertiary/aromatic N) is 6. The minimum atomic E-state index is 0.201. The van der Waals surface area contributed by atoms with Gasteiger partial charge in [0.05, 0.1) is 11.7 Å². The molecule has 1 aliphatic carbocycles. The summed E-state index contributed by atoms with van der Waals surface area (Å²) in [6, 6.07) is 6.70. The van der Waals surface area contributed by atoms with E-state index < -0.39 is 0 Å². The zero-order valence-electron chi connectivity index (χ0n) is 14.5. The number of pyridine rings is 1. The van der Waals surface area contributed by atoms with Crippen LogP contribution in [-0.4, -0.2) is 37.9 Å². The van der Waals surface area contributed by atoms with E-state index in [0.29, 0.717) is 17.3 Å². The minimum Gasteiger partial charge on any atom is -0.364 e. The van der Waals surface area contributed by atoms with Gasteiger partial charge in [-0.05, 0) is 48.1 Å². The standard InChI is InChI=1S/C18H21N7O/c1-2-7-12(6-1)20-17-18(22-16-15(21-17)23-26-24-16)25-11-5-9-14(25)13-8-3-4-10-19-13/h3-4,8,10,12,14H,1-2,5-7,9,11H2,(H,20,21,23). The molecule has 3 aromatic rings. The average molecular weight is 351 g/mol. The number of rotatable bonds is 4. The zero-order chi connectivity index (χ0) is 17.3. The molecule has 1 saturated heterocycles.